The van der Waals surface area contributed by atoms with Crippen molar-refractivity contribution in [3.05, 3.63) is 54.7 Å². The van der Waals surface area contributed by atoms with Crippen LogP contribution in [0.1, 0.15) is 18.8 Å². The van der Waals surface area contributed by atoms with Crippen LogP contribution in [-0.4, -0.2) is 56.0 Å². The molecule has 0 unspecified atom stereocenters. The number of aromatic nitrogens is 5. The first-order chi connectivity index (χ1) is 13.7. The van der Waals surface area contributed by atoms with Crippen molar-refractivity contribution >= 4 is 23.4 Å². The van der Waals surface area contributed by atoms with E-state index in [1.165, 1.54) is 0 Å². The summed E-state index contributed by atoms with van der Waals surface area (Å²) < 4.78 is 0. The lowest BCUT2D eigenvalue weighted by molar-refractivity contribution is 0.191. The van der Waals surface area contributed by atoms with Crippen molar-refractivity contribution in [2.45, 2.75) is 13.0 Å². The number of para-hydroxylation sites is 1. The van der Waals surface area contributed by atoms with E-state index in [9.17, 15) is 0 Å². The molecule has 1 atom stereocenters. The monoisotopic (exact) mass is 377 g/mol. The van der Waals surface area contributed by atoms with E-state index in [0.29, 0.717) is 11.8 Å². The first-order valence-electron chi connectivity index (χ1n) is 9.27. The van der Waals surface area contributed by atoms with Crippen LogP contribution in [0.4, 0.5) is 23.4 Å². The Balaban J connectivity index is 1.44. The highest BCUT2D eigenvalue weighted by atomic mass is 15.3. The van der Waals surface area contributed by atoms with Crippen LogP contribution in [0.5, 0.6) is 0 Å². The number of benzene rings is 1. The molecule has 1 fully saturated rings. The minimum atomic E-state index is 0.0330. The third-order valence-electron chi connectivity index (χ3n) is 4.81. The second-order valence-corrected chi connectivity index (χ2v) is 6.63. The van der Waals surface area contributed by atoms with Gasteiger partial charge in [-0.3, -0.25) is 9.88 Å². The lowest BCUT2D eigenvalue weighted by Crippen LogP contribution is -2.47. The minimum Gasteiger partial charge on any atom is -0.368 e. The Kier molecular flexibility index (Phi) is 5.24. The molecule has 0 aliphatic carbocycles. The molecule has 1 aliphatic rings. The molecule has 0 radical (unpaired) electrons. The maximum absolute atomic E-state index is 5.93. The van der Waals surface area contributed by atoms with Gasteiger partial charge < -0.3 is 16.0 Å². The van der Waals surface area contributed by atoms with E-state index in [-0.39, 0.29) is 12.0 Å². The van der Waals surface area contributed by atoms with Crippen LogP contribution < -0.4 is 16.0 Å². The molecule has 3 heterocycles. The van der Waals surface area contributed by atoms with E-state index >= 15 is 0 Å². The van der Waals surface area contributed by atoms with E-state index in [0.717, 1.165) is 37.7 Å². The maximum atomic E-state index is 5.93. The number of hydrogen-bond donors (Lipinski definition) is 2. The highest BCUT2D eigenvalue weighted by Crippen LogP contribution is 2.22. The summed E-state index contributed by atoms with van der Waals surface area (Å²) in [6.45, 7) is 5.60. The highest BCUT2D eigenvalue weighted by molar-refractivity contribution is 5.53. The molecule has 4 rings (SSSR count). The van der Waals surface area contributed by atoms with Crippen LogP contribution in [0.3, 0.4) is 0 Å². The number of nitrogens with one attached hydrogen (secondary N) is 1. The molecule has 3 N–H and O–H groups in total. The molecule has 3 aromatic rings. The molecule has 0 bridgehead atoms. The summed E-state index contributed by atoms with van der Waals surface area (Å²) in [4.78, 5) is 26.3. The third-order valence-corrected chi connectivity index (χ3v) is 4.81. The van der Waals surface area contributed by atoms with Crippen molar-refractivity contribution in [3.8, 4) is 0 Å². The van der Waals surface area contributed by atoms with Gasteiger partial charge in [-0.2, -0.15) is 15.0 Å². The molecule has 1 saturated heterocycles. The quantitative estimate of drug-likeness (QED) is 0.688. The lowest BCUT2D eigenvalue weighted by Gasteiger charge is -2.37. The molecule has 0 amide bonds. The number of nitrogens with two attached hydrogens (primary N) is 1. The van der Waals surface area contributed by atoms with E-state index < -0.39 is 0 Å². The van der Waals surface area contributed by atoms with Crippen LogP contribution in [0.2, 0.25) is 0 Å². The third kappa shape index (κ3) is 4.15. The second kappa shape index (κ2) is 8.13. The second-order valence-electron chi connectivity index (χ2n) is 6.63. The van der Waals surface area contributed by atoms with Gasteiger partial charge in [0, 0.05) is 44.3 Å². The zero-order valence-electron chi connectivity index (χ0n) is 15.7. The van der Waals surface area contributed by atoms with Crippen molar-refractivity contribution in [2.24, 2.45) is 0 Å². The summed E-state index contributed by atoms with van der Waals surface area (Å²) in [5.41, 5.74) is 6.84. The summed E-state index contributed by atoms with van der Waals surface area (Å²) in [5, 5.41) is 3.19. The van der Waals surface area contributed by atoms with Gasteiger partial charge in [-0.1, -0.05) is 18.2 Å². The van der Waals surface area contributed by atoms with Crippen molar-refractivity contribution < 1.29 is 0 Å². The molecule has 1 aromatic carbocycles. The van der Waals surface area contributed by atoms with Gasteiger partial charge >= 0.3 is 0 Å². The SMILES string of the molecule is C[C@H](c1nc(N)nc(Nc2ccccc2)n1)N1CCN(c2cnccn2)CC1. The van der Waals surface area contributed by atoms with Crippen LogP contribution in [0.25, 0.3) is 0 Å². The molecule has 0 saturated carbocycles. The van der Waals surface area contributed by atoms with Gasteiger partial charge in [-0.15, -0.1) is 0 Å². The van der Waals surface area contributed by atoms with Gasteiger partial charge in [0.15, 0.2) is 5.82 Å². The largest absolute Gasteiger partial charge is 0.368 e. The summed E-state index contributed by atoms with van der Waals surface area (Å²) >= 11 is 0. The molecule has 9 heteroatoms. The van der Waals surface area contributed by atoms with Crippen LogP contribution in [0.15, 0.2) is 48.9 Å². The Morgan fingerprint density at radius 2 is 1.79 bits per heavy atom. The first kappa shape index (κ1) is 18.1. The molecule has 9 nitrogen and oxygen atoms in total. The van der Waals surface area contributed by atoms with Gasteiger partial charge in [0.1, 0.15) is 5.82 Å². The zero-order valence-corrected chi connectivity index (χ0v) is 15.7. The number of hydrogen-bond acceptors (Lipinski definition) is 9. The van der Waals surface area contributed by atoms with E-state index in [1.54, 1.807) is 18.6 Å². The normalized spacial score (nSPS) is 16.0. The molecular weight excluding hydrogens is 354 g/mol. The zero-order chi connectivity index (χ0) is 19.3. The van der Waals surface area contributed by atoms with E-state index in [2.05, 4.69) is 47.0 Å². The summed E-state index contributed by atoms with van der Waals surface area (Å²) in [6, 6.07) is 9.80. The molecule has 1 aliphatic heterocycles. The fourth-order valence-electron chi connectivity index (χ4n) is 3.26. The van der Waals surface area contributed by atoms with Gasteiger partial charge in [-0.05, 0) is 19.1 Å². The predicted octanol–water partition coefficient (Wildman–Crippen LogP) is 1.87. The molecule has 144 valence electrons. The van der Waals surface area contributed by atoms with Gasteiger partial charge in [0.25, 0.3) is 0 Å². The smallest absolute Gasteiger partial charge is 0.232 e. The Morgan fingerprint density at radius 1 is 1.00 bits per heavy atom. The van der Waals surface area contributed by atoms with Crippen molar-refractivity contribution in [3.63, 3.8) is 0 Å². The van der Waals surface area contributed by atoms with E-state index in [1.807, 2.05) is 30.3 Å². The molecule has 28 heavy (non-hydrogen) atoms. The standard InChI is InChI=1S/C19H23N9/c1-14(27-9-11-28(12-10-27)16-13-21-7-8-22-16)17-24-18(20)26-19(25-17)23-15-5-3-2-4-6-15/h2-8,13-14H,9-12H2,1H3,(H3,20,23,24,25,26)/t14-/m1/s1. The van der Waals surface area contributed by atoms with Gasteiger partial charge in [0.2, 0.25) is 11.9 Å². The van der Waals surface area contributed by atoms with Crippen LogP contribution in [-0.2, 0) is 0 Å². The average Bonchev–Trinajstić information content (AvgIpc) is 2.74. The Hall–Kier alpha value is -3.33. The fraction of sp³-hybridized carbons (Fsp3) is 0.316. The predicted molar refractivity (Wildman–Crippen MR) is 108 cm³/mol. The maximum Gasteiger partial charge on any atom is 0.232 e. The average molecular weight is 377 g/mol. The number of nitrogen functional groups attached to an aromatic ring is 1. The topological polar surface area (TPSA) is 109 Å². The van der Waals surface area contributed by atoms with Crippen molar-refractivity contribution in [2.75, 3.05) is 42.1 Å². The molecule has 0 spiro atoms. The Bertz CT molecular complexity index is 896. The highest BCUT2D eigenvalue weighted by Gasteiger charge is 2.25. The van der Waals surface area contributed by atoms with Crippen LogP contribution >= 0.6 is 0 Å². The van der Waals surface area contributed by atoms with Crippen molar-refractivity contribution in [1.29, 1.82) is 0 Å². The number of piperazine rings is 1. The number of anilines is 4. The Morgan fingerprint density at radius 3 is 2.50 bits per heavy atom. The Labute approximate surface area is 163 Å². The summed E-state index contributed by atoms with van der Waals surface area (Å²) in [6.07, 6.45) is 5.21. The summed E-state index contributed by atoms with van der Waals surface area (Å²) in [5.74, 6) is 2.25. The van der Waals surface area contributed by atoms with Crippen LogP contribution in [0, 0.1) is 0 Å². The first-order valence-corrected chi connectivity index (χ1v) is 9.27. The number of nitrogens with zero attached hydrogens (tertiary/aromatic N) is 7. The summed E-state index contributed by atoms with van der Waals surface area (Å²) in [7, 11) is 0. The lowest BCUT2D eigenvalue weighted by atomic mass is 10.2. The minimum absolute atomic E-state index is 0.0330. The van der Waals surface area contributed by atoms with Crippen molar-refractivity contribution in [1.82, 2.24) is 29.8 Å². The molecular formula is C19H23N9. The fourth-order valence-corrected chi connectivity index (χ4v) is 3.26. The van der Waals surface area contributed by atoms with Gasteiger partial charge in [-0.25, -0.2) is 4.98 Å². The van der Waals surface area contributed by atoms with E-state index in [4.69, 9.17) is 5.73 Å². The van der Waals surface area contributed by atoms with Gasteiger partial charge in [0.05, 0.1) is 12.2 Å². The number of rotatable bonds is 5. The molecule has 2 aromatic heterocycles.